The Hall–Kier alpha value is -0.930. The fourth-order valence-electron chi connectivity index (χ4n) is 2.71. The van der Waals surface area contributed by atoms with Crippen molar-refractivity contribution in [1.82, 2.24) is 10.2 Å². The van der Waals surface area contributed by atoms with Crippen LogP contribution in [0.1, 0.15) is 24.4 Å². The third kappa shape index (κ3) is 3.05. The Kier molecular flexibility index (Phi) is 4.13. The van der Waals surface area contributed by atoms with Crippen LogP contribution < -0.4 is 5.32 Å². The molecule has 0 saturated carbocycles. The maximum absolute atomic E-state index is 12.9. The van der Waals surface area contributed by atoms with E-state index in [0.717, 1.165) is 13.1 Å². The van der Waals surface area contributed by atoms with Gasteiger partial charge < -0.3 is 10.2 Å². The van der Waals surface area contributed by atoms with E-state index in [9.17, 15) is 4.39 Å². The first-order chi connectivity index (χ1) is 8.20. The Morgan fingerprint density at radius 2 is 1.82 bits per heavy atom. The van der Waals surface area contributed by atoms with Gasteiger partial charge in [0, 0.05) is 6.04 Å². The Morgan fingerprint density at radius 3 is 2.35 bits per heavy atom. The maximum Gasteiger partial charge on any atom is 0.123 e. The average molecular weight is 236 g/mol. The van der Waals surface area contributed by atoms with Crippen molar-refractivity contribution in [2.24, 2.45) is 5.92 Å². The second-order valence-corrected chi connectivity index (χ2v) is 4.96. The van der Waals surface area contributed by atoms with Gasteiger partial charge in [0.2, 0.25) is 0 Å². The number of nitrogens with zero attached hydrogens (tertiary/aromatic N) is 1. The Morgan fingerprint density at radius 1 is 1.24 bits per heavy atom. The second-order valence-electron chi connectivity index (χ2n) is 4.96. The Balaban J connectivity index is 2.08. The van der Waals surface area contributed by atoms with E-state index < -0.39 is 0 Å². The molecule has 1 aromatic rings. The quantitative estimate of drug-likeness (QED) is 0.867. The molecule has 1 atom stereocenters. The van der Waals surface area contributed by atoms with Crippen LogP contribution in [0.25, 0.3) is 0 Å². The molecule has 0 bridgehead atoms. The summed E-state index contributed by atoms with van der Waals surface area (Å²) >= 11 is 0. The number of piperidine rings is 1. The molecule has 1 aromatic carbocycles. The molecule has 0 spiro atoms. The van der Waals surface area contributed by atoms with E-state index in [1.807, 2.05) is 19.2 Å². The minimum absolute atomic E-state index is 0.160. The van der Waals surface area contributed by atoms with Crippen molar-refractivity contribution < 1.29 is 4.39 Å². The fourth-order valence-corrected chi connectivity index (χ4v) is 2.71. The first-order valence-electron chi connectivity index (χ1n) is 6.32. The van der Waals surface area contributed by atoms with E-state index in [4.69, 9.17) is 0 Å². The summed E-state index contributed by atoms with van der Waals surface area (Å²) in [4.78, 5) is 2.37. The summed E-state index contributed by atoms with van der Waals surface area (Å²) in [5.74, 6) is 0.494. The van der Waals surface area contributed by atoms with E-state index in [2.05, 4.69) is 17.3 Å². The van der Waals surface area contributed by atoms with Crippen LogP contribution in [0.2, 0.25) is 0 Å². The van der Waals surface area contributed by atoms with Crippen LogP contribution in [-0.2, 0) is 0 Å². The van der Waals surface area contributed by atoms with Gasteiger partial charge in [-0.25, -0.2) is 4.39 Å². The minimum Gasteiger partial charge on any atom is -0.313 e. The number of hydrogen-bond donors (Lipinski definition) is 1. The first kappa shape index (κ1) is 12.5. The molecule has 2 nitrogen and oxygen atoms in total. The summed E-state index contributed by atoms with van der Waals surface area (Å²) in [5, 5.41) is 3.38. The lowest BCUT2D eigenvalue weighted by molar-refractivity contribution is 0.188. The molecule has 1 unspecified atom stereocenters. The number of rotatable bonds is 3. The summed E-state index contributed by atoms with van der Waals surface area (Å²) in [7, 11) is 4.16. The van der Waals surface area contributed by atoms with Crippen LogP contribution in [0.4, 0.5) is 4.39 Å². The molecule has 17 heavy (non-hydrogen) atoms. The van der Waals surface area contributed by atoms with Crippen molar-refractivity contribution in [3.05, 3.63) is 35.6 Å². The van der Waals surface area contributed by atoms with Crippen molar-refractivity contribution in [3.8, 4) is 0 Å². The summed E-state index contributed by atoms with van der Waals surface area (Å²) in [5.41, 5.74) is 1.20. The first-order valence-corrected chi connectivity index (χ1v) is 6.32. The number of likely N-dealkylation sites (tertiary alicyclic amines) is 1. The summed E-state index contributed by atoms with van der Waals surface area (Å²) in [6, 6.07) is 7.25. The molecular weight excluding hydrogens is 215 g/mol. The molecule has 1 aliphatic heterocycles. The fraction of sp³-hybridized carbons (Fsp3) is 0.571. The largest absolute Gasteiger partial charge is 0.313 e. The van der Waals surface area contributed by atoms with Gasteiger partial charge in [-0.05, 0) is 63.6 Å². The summed E-state index contributed by atoms with van der Waals surface area (Å²) in [6.07, 6.45) is 2.42. The second kappa shape index (κ2) is 5.61. The van der Waals surface area contributed by atoms with Gasteiger partial charge in [0.1, 0.15) is 5.82 Å². The van der Waals surface area contributed by atoms with Crippen LogP contribution in [0, 0.1) is 11.7 Å². The van der Waals surface area contributed by atoms with Gasteiger partial charge in [0.05, 0.1) is 0 Å². The van der Waals surface area contributed by atoms with Crippen molar-refractivity contribution >= 4 is 0 Å². The van der Waals surface area contributed by atoms with Crippen LogP contribution >= 0.6 is 0 Å². The summed E-state index contributed by atoms with van der Waals surface area (Å²) in [6.45, 7) is 2.31. The standard InChI is InChI=1S/C14H21FN2/c1-16-14(11-3-5-13(15)6-4-11)12-7-9-17(2)10-8-12/h3-6,12,14,16H,7-10H2,1-2H3. The van der Waals surface area contributed by atoms with Gasteiger partial charge in [-0.15, -0.1) is 0 Å². The van der Waals surface area contributed by atoms with Gasteiger partial charge in [-0.3, -0.25) is 0 Å². The Bertz CT molecular complexity index is 342. The monoisotopic (exact) mass is 236 g/mol. The van der Waals surface area contributed by atoms with E-state index in [1.165, 1.54) is 18.4 Å². The van der Waals surface area contributed by atoms with Gasteiger partial charge in [-0.2, -0.15) is 0 Å². The predicted octanol–water partition coefficient (Wildman–Crippen LogP) is 2.43. The lowest BCUT2D eigenvalue weighted by Crippen LogP contribution is -2.36. The van der Waals surface area contributed by atoms with Crippen molar-refractivity contribution in [1.29, 1.82) is 0 Å². The normalized spacial score (nSPS) is 20.4. The molecule has 1 heterocycles. The van der Waals surface area contributed by atoms with Crippen molar-refractivity contribution in [3.63, 3.8) is 0 Å². The maximum atomic E-state index is 12.9. The smallest absolute Gasteiger partial charge is 0.123 e. The molecule has 2 rings (SSSR count). The Labute approximate surface area is 103 Å². The molecule has 0 amide bonds. The van der Waals surface area contributed by atoms with Gasteiger partial charge in [0.15, 0.2) is 0 Å². The molecule has 0 aromatic heterocycles. The highest BCUT2D eigenvalue weighted by atomic mass is 19.1. The SMILES string of the molecule is CNC(c1ccc(F)cc1)C1CCN(C)CC1. The number of hydrogen-bond acceptors (Lipinski definition) is 2. The molecule has 0 radical (unpaired) electrons. The van der Waals surface area contributed by atoms with Crippen LogP contribution in [0.3, 0.4) is 0 Å². The predicted molar refractivity (Wildman–Crippen MR) is 68.4 cm³/mol. The highest BCUT2D eigenvalue weighted by molar-refractivity contribution is 5.20. The zero-order valence-corrected chi connectivity index (χ0v) is 10.6. The van der Waals surface area contributed by atoms with E-state index in [-0.39, 0.29) is 5.82 Å². The van der Waals surface area contributed by atoms with Crippen molar-refractivity contribution in [2.45, 2.75) is 18.9 Å². The molecule has 1 fully saturated rings. The van der Waals surface area contributed by atoms with E-state index in [1.54, 1.807) is 12.1 Å². The van der Waals surface area contributed by atoms with Gasteiger partial charge >= 0.3 is 0 Å². The molecule has 1 N–H and O–H groups in total. The molecule has 94 valence electrons. The number of halogens is 1. The lowest BCUT2D eigenvalue weighted by Gasteiger charge is -2.34. The molecule has 3 heteroatoms. The lowest BCUT2D eigenvalue weighted by atomic mass is 9.85. The average Bonchev–Trinajstić information content (AvgIpc) is 2.35. The number of nitrogens with one attached hydrogen (secondary N) is 1. The molecular formula is C14H21FN2. The van der Waals surface area contributed by atoms with Crippen LogP contribution in [0.5, 0.6) is 0 Å². The minimum atomic E-state index is -0.160. The van der Waals surface area contributed by atoms with Crippen LogP contribution in [0.15, 0.2) is 24.3 Å². The molecule has 0 aliphatic carbocycles. The number of benzene rings is 1. The highest BCUT2D eigenvalue weighted by Gasteiger charge is 2.25. The van der Waals surface area contributed by atoms with Gasteiger partial charge in [-0.1, -0.05) is 12.1 Å². The highest BCUT2D eigenvalue weighted by Crippen LogP contribution is 2.30. The van der Waals surface area contributed by atoms with Crippen molar-refractivity contribution in [2.75, 3.05) is 27.2 Å². The summed E-state index contributed by atoms with van der Waals surface area (Å²) < 4.78 is 12.9. The third-order valence-electron chi connectivity index (χ3n) is 3.77. The zero-order valence-electron chi connectivity index (χ0n) is 10.6. The van der Waals surface area contributed by atoms with E-state index in [0.29, 0.717) is 12.0 Å². The van der Waals surface area contributed by atoms with Gasteiger partial charge in [0.25, 0.3) is 0 Å². The van der Waals surface area contributed by atoms with E-state index >= 15 is 0 Å². The topological polar surface area (TPSA) is 15.3 Å². The zero-order chi connectivity index (χ0) is 12.3. The molecule has 1 saturated heterocycles. The molecule has 1 aliphatic rings. The third-order valence-corrected chi connectivity index (χ3v) is 3.77. The van der Waals surface area contributed by atoms with Crippen LogP contribution in [-0.4, -0.2) is 32.1 Å².